The predicted molar refractivity (Wildman–Crippen MR) is 138 cm³/mol. The average molecular weight is 487 g/mol. The first-order valence-corrected chi connectivity index (χ1v) is 12.8. The molecule has 0 saturated heterocycles. The van der Waals surface area contributed by atoms with Gasteiger partial charge in [-0.2, -0.15) is 0 Å². The van der Waals surface area contributed by atoms with Gasteiger partial charge < -0.3 is 28.8 Å². The number of ether oxygens (including phenoxy) is 5. The molecule has 2 atom stereocenters. The summed E-state index contributed by atoms with van der Waals surface area (Å²) in [6.07, 6.45) is 9.24. The number of benzene rings is 2. The van der Waals surface area contributed by atoms with E-state index in [-0.39, 0.29) is 19.0 Å². The Morgan fingerprint density at radius 1 is 0.829 bits per heavy atom. The van der Waals surface area contributed by atoms with Gasteiger partial charge in [0, 0.05) is 38.2 Å². The van der Waals surface area contributed by atoms with Gasteiger partial charge in [0.25, 0.3) is 0 Å². The number of unbranched alkanes of at least 4 members (excludes halogenated alkanes) is 6. The first-order valence-electron chi connectivity index (χ1n) is 12.8. The Morgan fingerprint density at radius 3 is 2.09 bits per heavy atom. The number of fused-ring (bicyclic) bond motifs is 1. The largest absolute Gasteiger partial charge is 0.492 e. The SMILES string of the molecule is COCOc1ccc(C2(C)COc3cc(OCOC)ccc3C2CCCCCCCCCO)cc1. The third kappa shape index (κ3) is 7.60. The van der Waals surface area contributed by atoms with Crippen molar-refractivity contribution in [2.45, 2.75) is 69.6 Å². The van der Waals surface area contributed by atoms with E-state index in [0.717, 1.165) is 36.5 Å². The summed E-state index contributed by atoms with van der Waals surface area (Å²) in [5.74, 6) is 2.80. The Bertz CT molecular complexity index is 868. The maximum absolute atomic E-state index is 8.95. The fourth-order valence-electron chi connectivity index (χ4n) is 4.98. The molecular formula is C29H42O6. The zero-order valence-corrected chi connectivity index (χ0v) is 21.6. The Morgan fingerprint density at radius 2 is 1.43 bits per heavy atom. The quantitative estimate of drug-likeness (QED) is 0.225. The van der Waals surface area contributed by atoms with Crippen LogP contribution in [-0.2, 0) is 14.9 Å². The van der Waals surface area contributed by atoms with E-state index in [9.17, 15) is 0 Å². The lowest BCUT2D eigenvalue weighted by molar-refractivity contribution is 0.0505. The van der Waals surface area contributed by atoms with Crippen LogP contribution in [0.3, 0.4) is 0 Å². The molecule has 35 heavy (non-hydrogen) atoms. The van der Waals surface area contributed by atoms with Crippen LogP contribution in [0, 0.1) is 0 Å². The summed E-state index contributed by atoms with van der Waals surface area (Å²) in [5, 5.41) is 8.95. The van der Waals surface area contributed by atoms with Crippen LogP contribution < -0.4 is 14.2 Å². The van der Waals surface area contributed by atoms with E-state index in [1.54, 1.807) is 14.2 Å². The Hall–Kier alpha value is -2.28. The standard InChI is InChI=1S/C29H42O6/c1-29(23-12-14-24(15-13-23)34-21-31-2)20-33-28-19-25(35-22-32-3)16-17-26(28)27(29)11-9-7-5-4-6-8-10-18-30/h12-17,19,27,30H,4-11,18,20-22H2,1-3H3. The molecule has 0 bridgehead atoms. The molecule has 2 unspecified atom stereocenters. The van der Waals surface area contributed by atoms with Crippen LogP contribution in [0.25, 0.3) is 0 Å². The van der Waals surface area contributed by atoms with Gasteiger partial charge >= 0.3 is 0 Å². The minimum atomic E-state index is -0.150. The molecule has 0 radical (unpaired) electrons. The third-order valence-electron chi connectivity index (χ3n) is 7.01. The van der Waals surface area contributed by atoms with Gasteiger partial charge in [0.05, 0.1) is 6.61 Å². The minimum absolute atomic E-state index is 0.150. The van der Waals surface area contributed by atoms with Crippen molar-refractivity contribution in [2.24, 2.45) is 0 Å². The first kappa shape index (κ1) is 27.3. The molecule has 6 nitrogen and oxygen atoms in total. The molecule has 0 saturated carbocycles. The highest BCUT2D eigenvalue weighted by Gasteiger charge is 2.42. The van der Waals surface area contributed by atoms with Gasteiger partial charge in [0.2, 0.25) is 0 Å². The van der Waals surface area contributed by atoms with E-state index in [0.29, 0.717) is 19.1 Å². The topological polar surface area (TPSA) is 66.4 Å². The number of rotatable bonds is 16. The van der Waals surface area contributed by atoms with E-state index in [4.69, 9.17) is 28.8 Å². The Labute approximate surface area is 210 Å². The van der Waals surface area contributed by atoms with Gasteiger partial charge in [-0.3, -0.25) is 0 Å². The molecule has 1 heterocycles. The van der Waals surface area contributed by atoms with Crippen molar-refractivity contribution in [3.63, 3.8) is 0 Å². The van der Waals surface area contributed by atoms with Crippen molar-refractivity contribution in [3.8, 4) is 17.2 Å². The fraction of sp³-hybridized carbons (Fsp3) is 0.586. The molecule has 3 rings (SSSR count). The average Bonchev–Trinajstić information content (AvgIpc) is 2.89. The summed E-state index contributed by atoms with van der Waals surface area (Å²) >= 11 is 0. The van der Waals surface area contributed by atoms with Crippen molar-refractivity contribution in [1.82, 2.24) is 0 Å². The fourth-order valence-corrected chi connectivity index (χ4v) is 4.98. The highest BCUT2D eigenvalue weighted by atomic mass is 16.7. The van der Waals surface area contributed by atoms with Gasteiger partial charge in [-0.15, -0.1) is 0 Å². The number of methoxy groups -OCH3 is 2. The lowest BCUT2D eigenvalue weighted by Gasteiger charge is -2.43. The van der Waals surface area contributed by atoms with Crippen LogP contribution in [0.2, 0.25) is 0 Å². The van der Waals surface area contributed by atoms with Crippen molar-refractivity contribution in [3.05, 3.63) is 53.6 Å². The highest BCUT2D eigenvalue weighted by Crippen LogP contribution is 2.50. The molecule has 1 aliphatic rings. The molecule has 0 fully saturated rings. The van der Waals surface area contributed by atoms with Crippen LogP contribution >= 0.6 is 0 Å². The van der Waals surface area contributed by atoms with Crippen molar-refractivity contribution >= 4 is 0 Å². The molecule has 194 valence electrons. The van der Waals surface area contributed by atoms with Crippen molar-refractivity contribution < 1.29 is 28.8 Å². The van der Waals surface area contributed by atoms with Gasteiger partial charge in [-0.1, -0.05) is 63.6 Å². The minimum Gasteiger partial charge on any atom is -0.492 e. The normalized spacial score (nSPS) is 19.1. The summed E-state index contributed by atoms with van der Waals surface area (Å²) in [7, 11) is 3.24. The summed E-state index contributed by atoms with van der Waals surface area (Å²) in [6.45, 7) is 3.69. The zero-order chi connectivity index (χ0) is 24.9. The van der Waals surface area contributed by atoms with Crippen LogP contribution in [0.1, 0.15) is 75.3 Å². The highest BCUT2D eigenvalue weighted by molar-refractivity contribution is 5.48. The van der Waals surface area contributed by atoms with Crippen LogP contribution in [0.4, 0.5) is 0 Å². The second kappa shape index (κ2) is 14.3. The molecule has 6 heteroatoms. The summed E-state index contributed by atoms with van der Waals surface area (Å²) in [6, 6.07) is 14.5. The third-order valence-corrected chi connectivity index (χ3v) is 7.01. The Balaban J connectivity index is 1.74. The molecule has 0 amide bonds. The van der Waals surface area contributed by atoms with Crippen LogP contribution in [0.15, 0.2) is 42.5 Å². The summed E-state index contributed by atoms with van der Waals surface area (Å²) in [5.41, 5.74) is 2.34. The molecule has 0 aliphatic carbocycles. The zero-order valence-electron chi connectivity index (χ0n) is 21.6. The maximum Gasteiger partial charge on any atom is 0.188 e. The molecular weight excluding hydrogens is 444 g/mol. The molecule has 2 aromatic rings. The summed E-state index contributed by atoms with van der Waals surface area (Å²) in [4.78, 5) is 0. The summed E-state index contributed by atoms with van der Waals surface area (Å²) < 4.78 is 27.6. The van der Waals surface area contributed by atoms with E-state index in [1.165, 1.54) is 43.2 Å². The number of aliphatic hydroxyl groups excluding tert-OH is 1. The monoisotopic (exact) mass is 486 g/mol. The molecule has 0 spiro atoms. The smallest absolute Gasteiger partial charge is 0.188 e. The van der Waals surface area contributed by atoms with Crippen molar-refractivity contribution in [1.29, 1.82) is 0 Å². The van der Waals surface area contributed by atoms with E-state index < -0.39 is 0 Å². The number of hydrogen-bond donors (Lipinski definition) is 1. The van der Waals surface area contributed by atoms with Gasteiger partial charge in [0.15, 0.2) is 13.6 Å². The number of hydrogen-bond acceptors (Lipinski definition) is 6. The maximum atomic E-state index is 8.95. The molecule has 1 N–H and O–H groups in total. The molecule has 2 aromatic carbocycles. The molecule has 1 aliphatic heterocycles. The van der Waals surface area contributed by atoms with Crippen LogP contribution in [0.5, 0.6) is 17.2 Å². The van der Waals surface area contributed by atoms with Gasteiger partial charge in [-0.05, 0) is 42.2 Å². The lowest BCUT2D eigenvalue weighted by Crippen LogP contribution is -2.40. The van der Waals surface area contributed by atoms with Crippen LogP contribution in [-0.4, -0.2) is 46.1 Å². The van der Waals surface area contributed by atoms with Crippen molar-refractivity contribution in [2.75, 3.05) is 41.0 Å². The van der Waals surface area contributed by atoms with E-state index >= 15 is 0 Å². The van der Waals surface area contributed by atoms with Gasteiger partial charge in [0.1, 0.15) is 17.2 Å². The number of aliphatic hydroxyl groups is 1. The predicted octanol–water partition coefficient (Wildman–Crippen LogP) is 6.20. The first-order chi connectivity index (χ1) is 17.1. The van der Waals surface area contributed by atoms with E-state index in [1.807, 2.05) is 24.3 Å². The Kier molecular flexibility index (Phi) is 11.2. The van der Waals surface area contributed by atoms with E-state index in [2.05, 4.69) is 25.1 Å². The lowest BCUT2D eigenvalue weighted by atomic mass is 9.66. The second-order valence-electron chi connectivity index (χ2n) is 9.57. The molecule has 0 aromatic heterocycles. The second-order valence-corrected chi connectivity index (χ2v) is 9.57. The van der Waals surface area contributed by atoms with Gasteiger partial charge in [-0.25, -0.2) is 0 Å².